The third kappa shape index (κ3) is 4.66. The first-order valence-electron chi connectivity index (χ1n) is 11.5. The van der Waals surface area contributed by atoms with Crippen LogP contribution >= 0.6 is 0 Å². The minimum Gasteiger partial charge on any atom is -0.0984 e. The van der Waals surface area contributed by atoms with Crippen molar-refractivity contribution in [3.05, 3.63) is 131 Å². The molecular formula is C33H30. The number of rotatable bonds is 6. The van der Waals surface area contributed by atoms with Crippen molar-refractivity contribution in [1.29, 1.82) is 0 Å². The summed E-state index contributed by atoms with van der Waals surface area (Å²) < 4.78 is 0. The molecule has 0 spiro atoms. The standard InChI is InChI=1S/C33H30/c1-5-13-26(27-16-12-17-28(22-27)30-18-9-8-15-24(30)4)23-29-21-25(7-3)31(14-6-2)33-20-11-10-19-32(29)33/h5-23H,3H2,1-2,4H3/b13-5-,14-6-,26-23+. The van der Waals surface area contributed by atoms with Gasteiger partial charge in [-0.1, -0.05) is 104 Å². The van der Waals surface area contributed by atoms with E-state index in [-0.39, 0.29) is 0 Å². The van der Waals surface area contributed by atoms with Gasteiger partial charge in [0.1, 0.15) is 0 Å². The van der Waals surface area contributed by atoms with Gasteiger partial charge in [0, 0.05) is 0 Å². The minimum absolute atomic E-state index is 1.14. The van der Waals surface area contributed by atoms with Crippen LogP contribution in [-0.4, -0.2) is 0 Å². The minimum atomic E-state index is 1.14. The molecule has 4 aromatic rings. The van der Waals surface area contributed by atoms with E-state index >= 15 is 0 Å². The second kappa shape index (κ2) is 10.1. The first kappa shape index (κ1) is 22.3. The SMILES string of the molecule is C=Cc1cc(/C=C(\C=C/C)c2cccc(-c3ccccc3C)c2)c2ccccc2c1/C=C\C. The lowest BCUT2D eigenvalue weighted by atomic mass is 9.91. The van der Waals surface area contributed by atoms with Gasteiger partial charge < -0.3 is 0 Å². The molecule has 0 N–H and O–H groups in total. The molecule has 0 heterocycles. The predicted octanol–water partition coefficient (Wildman–Crippen LogP) is 9.61. The molecule has 0 aliphatic rings. The summed E-state index contributed by atoms with van der Waals surface area (Å²) in [4.78, 5) is 0. The number of benzene rings is 4. The third-order valence-corrected chi connectivity index (χ3v) is 6.01. The maximum absolute atomic E-state index is 4.08. The molecule has 0 saturated heterocycles. The summed E-state index contributed by atoms with van der Waals surface area (Å²) in [6.07, 6.45) is 12.8. The lowest BCUT2D eigenvalue weighted by Crippen LogP contribution is -1.90. The van der Waals surface area contributed by atoms with Gasteiger partial charge in [0.15, 0.2) is 0 Å². The van der Waals surface area contributed by atoms with Gasteiger partial charge in [-0.15, -0.1) is 0 Å². The molecule has 0 atom stereocenters. The van der Waals surface area contributed by atoms with Gasteiger partial charge in [-0.2, -0.15) is 0 Å². The van der Waals surface area contributed by atoms with Crippen molar-refractivity contribution in [2.75, 3.05) is 0 Å². The average molecular weight is 427 g/mol. The molecule has 4 aromatic carbocycles. The Labute approximate surface area is 197 Å². The molecule has 0 heteroatoms. The quantitative estimate of drug-likeness (QED) is 0.213. The highest BCUT2D eigenvalue weighted by Gasteiger charge is 2.09. The molecule has 0 radical (unpaired) electrons. The highest BCUT2D eigenvalue weighted by Crippen LogP contribution is 2.33. The Bertz CT molecular complexity index is 1390. The molecule has 0 saturated carbocycles. The van der Waals surface area contributed by atoms with Gasteiger partial charge in [-0.25, -0.2) is 0 Å². The summed E-state index contributed by atoms with van der Waals surface area (Å²) >= 11 is 0. The van der Waals surface area contributed by atoms with Crippen LogP contribution in [-0.2, 0) is 0 Å². The lowest BCUT2D eigenvalue weighted by molar-refractivity contribution is 1.45. The normalized spacial score (nSPS) is 12.2. The Hall–Kier alpha value is -3.90. The van der Waals surface area contributed by atoms with Crippen molar-refractivity contribution < 1.29 is 0 Å². The number of allylic oxidation sites excluding steroid dienone is 4. The average Bonchev–Trinajstić information content (AvgIpc) is 2.85. The summed E-state index contributed by atoms with van der Waals surface area (Å²) in [6, 6.07) is 28.2. The molecule has 0 unspecified atom stereocenters. The zero-order valence-electron chi connectivity index (χ0n) is 19.7. The van der Waals surface area contributed by atoms with E-state index in [1.807, 2.05) is 6.08 Å². The van der Waals surface area contributed by atoms with Crippen LogP contribution in [0.4, 0.5) is 0 Å². The van der Waals surface area contributed by atoms with E-state index < -0.39 is 0 Å². The van der Waals surface area contributed by atoms with Crippen LogP contribution in [0.2, 0.25) is 0 Å². The molecule has 33 heavy (non-hydrogen) atoms. The largest absolute Gasteiger partial charge is 0.0984 e. The van der Waals surface area contributed by atoms with Crippen LogP contribution in [0, 0.1) is 6.92 Å². The first-order chi connectivity index (χ1) is 16.2. The van der Waals surface area contributed by atoms with Crippen LogP contribution in [0.25, 0.3) is 45.7 Å². The van der Waals surface area contributed by atoms with Crippen molar-refractivity contribution in [3.8, 4) is 11.1 Å². The van der Waals surface area contributed by atoms with E-state index in [0.29, 0.717) is 0 Å². The Balaban J connectivity index is 1.92. The van der Waals surface area contributed by atoms with Crippen LogP contribution in [0.15, 0.2) is 104 Å². The molecule has 0 aliphatic heterocycles. The van der Waals surface area contributed by atoms with Gasteiger partial charge in [0.05, 0.1) is 0 Å². The number of fused-ring (bicyclic) bond motifs is 1. The summed E-state index contributed by atoms with van der Waals surface area (Å²) in [5, 5.41) is 2.49. The zero-order chi connectivity index (χ0) is 23.2. The van der Waals surface area contributed by atoms with Crippen molar-refractivity contribution in [1.82, 2.24) is 0 Å². The Morgan fingerprint density at radius 2 is 1.52 bits per heavy atom. The summed E-state index contributed by atoms with van der Waals surface area (Å²) in [7, 11) is 0. The first-order valence-corrected chi connectivity index (χ1v) is 11.5. The van der Waals surface area contributed by atoms with Gasteiger partial charge in [-0.05, 0) is 94.3 Å². The number of hydrogen-bond donors (Lipinski definition) is 0. The molecular weight excluding hydrogens is 396 g/mol. The molecule has 0 bridgehead atoms. The zero-order valence-corrected chi connectivity index (χ0v) is 19.7. The molecule has 0 fully saturated rings. The molecule has 0 aromatic heterocycles. The number of aryl methyl sites for hydroxylation is 1. The Morgan fingerprint density at radius 3 is 2.24 bits per heavy atom. The van der Waals surface area contributed by atoms with Crippen LogP contribution in [0.5, 0.6) is 0 Å². The fourth-order valence-corrected chi connectivity index (χ4v) is 4.43. The van der Waals surface area contributed by atoms with Crippen molar-refractivity contribution >= 4 is 34.6 Å². The van der Waals surface area contributed by atoms with Gasteiger partial charge in [-0.3, -0.25) is 0 Å². The van der Waals surface area contributed by atoms with Gasteiger partial charge >= 0.3 is 0 Å². The summed E-state index contributed by atoms with van der Waals surface area (Å²) in [5.41, 5.74) is 9.74. The smallest absolute Gasteiger partial charge is 0.00995 e. The monoisotopic (exact) mass is 426 g/mol. The molecule has 0 amide bonds. The van der Waals surface area contributed by atoms with E-state index in [9.17, 15) is 0 Å². The van der Waals surface area contributed by atoms with Gasteiger partial charge in [0.25, 0.3) is 0 Å². The highest BCUT2D eigenvalue weighted by molar-refractivity contribution is 6.03. The second-order valence-corrected chi connectivity index (χ2v) is 8.21. The Morgan fingerprint density at radius 1 is 0.758 bits per heavy atom. The lowest BCUT2D eigenvalue weighted by Gasteiger charge is -2.13. The van der Waals surface area contributed by atoms with E-state index in [0.717, 1.165) is 5.56 Å². The fraction of sp³-hybridized carbons (Fsp3) is 0.0909. The summed E-state index contributed by atoms with van der Waals surface area (Å²) in [6.45, 7) is 10.4. The van der Waals surface area contributed by atoms with Crippen LogP contribution < -0.4 is 0 Å². The van der Waals surface area contributed by atoms with Crippen LogP contribution in [0.1, 0.15) is 41.7 Å². The molecule has 162 valence electrons. The second-order valence-electron chi connectivity index (χ2n) is 8.21. The molecule has 4 rings (SSSR count). The van der Waals surface area contributed by atoms with E-state index in [1.54, 1.807) is 0 Å². The topological polar surface area (TPSA) is 0 Å². The van der Waals surface area contributed by atoms with Crippen molar-refractivity contribution in [2.24, 2.45) is 0 Å². The van der Waals surface area contributed by atoms with Crippen molar-refractivity contribution in [2.45, 2.75) is 20.8 Å². The van der Waals surface area contributed by atoms with Crippen molar-refractivity contribution in [3.63, 3.8) is 0 Å². The predicted molar refractivity (Wildman–Crippen MR) is 148 cm³/mol. The maximum Gasteiger partial charge on any atom is -0.00995 e. The maximum atomic E-state index is 4.08. The fourth-order valence-electron chi connectivity index (χ4n) is 4.43. The third-order valence-electron chi connectivity index (χ3n) is 6.01. The van der Waals surface area contributed by atoms with Crippen LogP contribution in [0.3, 0.4) is 0 Å². The van der Waals surface area contributed by atoms with E-state index in [4.69, 9.17) is 0 Å². The van der Waals surface area contributed by atoms with Gasteiger partial charge in [0.2, 0.25) is 0 Å². The summed E-state index contributed by atoms with van der Waals surface area (Å²) in [5.74, 6) is 0. The highest BCUT2D eigenvalue weighted by atomic mass is 14.1. The van der Waals surface area contributed by atoms with E-state index in [1.165, 1.54) is 49.7 Å². The molecule has 0 nitrogen and oxygen atoms in total. The Kier molecular flexibility index (Phi) is 6.86. The number of hydrogen-bond acceptors (Lipinski definition) is 0. The van der Waals surface area contributed by atoms with E-state index in [2.05, 4.69) is 137 Å². The molecule has 0 aliphatic carbocycles.